The summed E-state index contributed by atoms with van der Waals surface area (Å²) in [6.45, 7) is 6.92. The molecule has 0 aliphatic carbocycles. The van der Waals surface area contributed by atoms with Gasteiger partial charge in [-0.3, -0.25) is 4.79 Å². The monoisotopic (exact) mass is 280 g/mol. The third-order valence-electron chi connectivity index (χ3n) is 2.44. The van der Waals surface area contributed by atoms with E-state index >= 15 is 0 Å². The fourth-order valence-electron chi connectivity index (χ4n) is 1.52. The molecule has 0 aliphatic heterocycles. The van der Waals surface area contributed by atoms with E-state index in [1.165, 1.54) is 0 Å². The van der Waals surface area contributed by atoms with Crippen molar-refractivity contribution in [3.63, 3.8) is 0 Å². The normalized spacial score (nSPS) is 15.6. The van der Waals surface area contributed by atoms with Gasteiger partial charge in [-0.15, -0.1) is 0 Å². The first-order valence-electron chi connectivity index (χ1n) is 6.16. The highest BCUT2D eigenvalue weighted by atomic mass is 32.2. The lowest BCUT2D eigenvalue weighted by molar-refractivity contribution is -0.141. The Morgan fingerprint density at radius 3 is 2.11 bits per heavy atom. The quantitative estimate of drug-likeness (QED) is 0.589. The Balaban J connectivity index is 3.98. The Bertz CT molecular complexity index is 354. The number of carboxylic acids is 1. The summed E-state index contributed by atoms with van der Waals surface area (Å²) < 4.78 is 28.0. The molecule has 0 aromatic carbocycles. The summed E-state index contributed by atoms with van der Waals surface area (Å²) in [6, 6.07) is -0.357. The van der Waals surface area contributed by atoms with Crippen LogP contribution in [0.15, 0.2) is 0 Å². The fourth-order valence-corrected chi connectivity index (χ4v) is 2.86. The Kier molecular flexibility index (Phi) is 7.42. The molecule has 2 unspecified atom stereocenters. The molecule has 0 saturated heterocycles. The van der Waals surface area contributed by atoms with E-state index in [1.54, 1.807) is 27.7 Å². The van der Waals surface area contributed by atoms with E-state index in [0.717, 1.165) is 0 Å². The average Bonchev–Trinajstić information content (AvgIpc) is 2.13. The minimum Gasteiger partial charge on any atom is -0.481 e. The van der Waals surface area contributed by atoms with Crippen LogP contribution in [0, 0.1) is 5.92 Å². The van der Waals surface area contributed by atoms with Crippen molar-refractivity contribution in [2.75, 3.05) is 0 Å². The summed E-state index contributed by atoms with van der Waals surface area (Å²) in [7, 11) is -3.46. The largest absolute Gasteiger partial charge is 0.481 e. The van der Waals surface area contributed by atoms with Crippen molar-refractivity contribution in [1.82, 2.24) is 9.44 Å². The molecule has 18 heavy (non-hydrogen) atoms. The molecular weight excluding hydrogens is 256 g/mol. The van der Waals surface area contributed by atoms with Gasteiger partial charge in [-0.2, -0.15) is 17.9 Å². The van der Waals surface area contributed by atoms with Crippen molar-refractivity contribution in [1.29, 1.82) is 0 Å². The lowest BCUT2D eigenvalue weighted by atomic mass is 10.0. The first kappa shape index (κ1) is 17.3. The number of carbonyl (C=O) groups is 1. The van der Waals surface area contributed by atoms with Crippen LogP contribution in [0.4, 0.5) is 0 Å². The zero-order valence-electron chi connectivity index (χ0n) is 11.4. The van der Waals surface area contributed by atoms with Gasteiger partial charge in [0.2, 0.25) is 0 Å². The van der Waals surface area contributed by atoms with Gasteiger partial charge >= 0.3 is 5.97 Å². The van der Waals surface area contributed by atoms with Gasteiger partial charge in [0, 0.05) is 12.1 Å². The molecule has 0 spiro atoms. The standard InChI is InChI=1S/C11H24N2O4S/c1-8(2)12-18(16,17)13-10(4)7-5-6-9(3)11(14)15/h8-10,12-13H,5-7H2,1-4H3,(H,14,15). The molecule has 0 heterocycles. The van der Waals surface area contributed by atoms with E-state index in [2.05, 4.69) is 9.44 Å². The Morgan fingerprint density at radius 1 is 1.11 bits per heavy atom. The van der Waals surface area contributed by atoms with E-state index in [-0.39, 0.29) is 18.0 Å². The Morgan fingerprint density at radius 2 is 1.67 bits per heavy atom. The number of hydrogen-bond donors (Lipinski definition) is 3. The summed E-state index contributed by atoms with van der Waals surface area (Å²) >= 11 is 0. The van der Waals surface area contributed by atoms with Crippen molar-refractivity contribution < 1.29 is 18.3 Å². The molecule has 0 amide bonds. The Hall–Kier alpha value is -0.660. The van der Waals surface area contributed by atoms with Crippen molar-refractivity contribution in [2.45, 2.75) is 59.0 Å². The summed E-state index contributed by atoms with van der Waals surface area (Å²) in [5.74, 6) is -1.20. The van der Waals surface area contributed by atoms with E-state index in [4.69, 9.17) is 5.11 Å². The van der Waals surface area contributed by atoms with Crippen LogP contribution in [0.5, 0.6) is 0 Å². The summed E-state index contributed by atoms with van der Waals surface area (Å²) in [5.41, 5.74) is 0. The van der Waals surface area contributed by atoms with Crippen LogP contribution in [-0.4, -0.2) is 31.6 Å². The molecule has 0 radical (unpaired) electrons. The minimum absolute atomic E-state index is 0.151. The van der Waals surface area contributed by atoms with Crippen LogP contribution in [-0.2, 0) is 15.0 Å². The number of hydrogen-bond acceptors (Lipinski definition) is 3. The zero-order valence-corrected chi connectivity index (χ0v) is 12.3. The summed E-state index contributed by atoms with van der Waals surface area (Å²) in [5, 5.41) is 8.71. The smallest absolute Gasteiger partial charge is 0.306 e. The van der Waals surface area contributed by atoms with E-state index < -0.39 is 16.2 Å². The fraction of sp³-hybridized carbons (Fsp3) is 0.909. The van der Waals surface area contributed by atoms with Gasteiger partial charge in [0.1, 0.15) is 0 Å². The van der Waals surface area contributed by atoms with Gasteiger partial charge in [-0.25, -0.2) is 0 Å². The molecule has 0 bridgehead atoms. The van der Waals surface area contributed by atoms with Crippen LogP contribution >= 0.6 is 0 Å². The second-order valence-electron chi connectivity index (χ2n) is 4.97. The van der Waals surface area contributed by atoms with Crippen LogP contribution in [0.25, 0.3) is 0 Å². The van der Waals surface area contributed by atoms with E-state index in [1.807, 2.05) is 0 Å². The Labute approximate surface area is 109 Å². The molecule has 2 atom stereocenters. The predicted molar refractivity (Wildman–Crippen MR) is 70.4 cm³/mol. The van der Waals surface area contributed by atoms with Crippen molar-refractivity contribution >= 4 is 16.2 Å². The lowest BCUT2D eigenvalue weighted by Gasteiger charge is -2.16. The first-order chi connectivity index (χ1) is 8.14. The predicted octanol–water partition coefficient (Wildman–Crippen LogP) is 1.10. The molecule has 6 nitrogen and oxygen atoms in total. The molecule has 0 aromatic rings. The van der Waals surface area contributed by atoms with E-state index in [9.17, 15) is 13.2 Å². The van der Waals surface area contributed by atoms with Crippen LogP contribution in [0.1, 0.15) is 47.0 Å². The molecule has 0 aliphatic rings. The van der Waals surface area contributed by atoms with Gasteiger partial charge in [-0.1, -0.05) is 13.3 Å². The number of carboxylic acid groups (broad SMARTS) is 1. The van der Waals surface area contributed by atoms with Crippen molar-refractivity contribution in [3.05, 3.63) is 0 Å². The maximum absolute atomic E-state index is 11.5. The first-order valence-corrected chi connectivity index (χ1v) is 7.64. The van der Waals surface area contributed by atoms with Crippen LogP contribution in [0.2, 0.25) is 0 Å². The summed E-state index contributed by atoms with van der Waals surface area (Å²) in [4.78, 5) is 10.6. The molecule has 7 heteroatoms. The third kappa shape index (κ3) is 8.43. The van der Waals surface area contributed by atoms with Gasteiger partial charge in [0.25, 0.3) is 10.2 Å². The van der Waals surface area contributed by atoms with Gasteiger partial charge in [0.15, 0.2) is 0 Å². The second kappa shape index (κ2) is 7.70. The summed E-state index contributed by atoms with van der Waals surface area (Å²) in [6.07, 6.45) is 1.86. The highest BCUT2D eigenvalue weighted by Gasteiger charge is 2.16. The van der Waals surface area contributed by atoms with Gasteiger partial charge < -0.3 is 5.11 Å². The van der Waals surface area contributed by atoms with Gasteiger partial charge in [0.05, 0.1) is 5.92 Å². The van der Waals surface area contributed by atoms with Crippen LogP contribution in [0.3, 0.4) is 0 Å². The topological polar surface area (TPSA) is 95.5 Å². The molecule has 0 rings (SSSR count). The maximum atomic E-state index is 11.5. The van der Waals surface area contributed by atoms with E-state index in [0.29, 0.717) is 19.3 Å². The van der Waals surface area contributed by atoms with Crippen molar-refractivity contribution in [3.8, 4) is 0 Å². The van der Waals surface area contributed by atoms with Crippen LogP contribution < -0.4 is 9.44 Å². The maximum Gasteiger partial charge on any atom is 0.306 e. The molecule has 3 N–H and O–H groups in total. The number of nitrogens with one attached hydrogen (secondary N) is 2. The number of aliphatic carboxylic acids is 1. The minimum atomic E-state index is -3.46. The van der Waals surface area contributed by atoms with Gasteiger partial charge in [-0.05, 0) is 33.6 Å². The molecular formula is C11H24N2O4S. The average molecular weight is 280 g/mol. The third-order valence-corrected chi connectivity index (χ3v) is 3.94. The molecule has 0 saturated carbocycles. The number of rotatable bonds is 9. The SMILES string of the molecule is CC(C)NS(=O)(=O)NC(C)CCCC(C)C(=O)O. The highest BCUT2D eigenvalue weighted by Crippen LogP contribution is 2.09. The second-order valence-corrected chi connectivity index (χ2v) is 6.44. The lowest BCUT2D eigenvalue weighted by Crippen LogP contribution is -2.44. The molecule has 108 valence electrons. The zero-order chi connectivity index (χ0) is 14.3. The highest BCUT2D eigenvalue weighted by molar-refractivity contribution is 7.87. The van der Waals surface area contributed by atoms with Crippen molar-refractivity contribution in [2.24, 2.45) is 5.92 Å². The molecule has 0 fully saturated rings. The molecule has 0 aromatic heterocycles.